The summed E-state index contributed by atoms with van der Waals surface area (Å²) in [5, 5.41) is 39.7. The van der Waals surface area contributed by atoms with Gasteiger partial charge >= 0.3 is 0 Å². The molecule has 1 heterocycles. The molecule has 0 bridgehead atoms. The molecule has 238 valence electrons. The summed E-state index contributed by atoms with van der Waals surface area (Å²) < 4.78 is 38.4. The molecule has 9 nitrogen and oxygen atoms in total. The number of carbonyl (C=O) groups excluding carboxylic acids is 1. The Hall–Kier alpha value is -3.19. The van der Waals surface area contributed by atoms with Crippen LogP contribution in [0.3, 0.4) is 0 Å². The Balaban J connectivity index is 1.49. The predicted octanol–water partition coefficient (Wildman–Crippen LogP) is 3.17. The number of aryl methyl sites for hydroxylation is 2. The Bertz CT molecular complexity index is 1480. The number of β-lactam (4-membered cyclic amide) rings is 1. The largest absolute Gasteiger partial charge is 0.393 e. The third kappa shape index (κ3) is 8.71. The van der Waals surface area contributed by atoms with Crippen molar-refractivity contribution in [3.8, 4) is 0 Å². The standard InChI is InChI=1S/C33H41FN2O7S/c1-44(42,43)35-20-2-3-23-6-14-28(15-7-23)36-31(26-8-4-24(5-9-26)18-19-33(41,21-37)22-38)29(32(36)40)16-17-30(39)25-10-12-27(34)13-11-25/h4-15,29-31,35,37-39,41H,2-3,16-22H2,1H3. The molecule has 3 atom stereocenters. The number of rotatable bonds is 16. The van der Waals surface area contributed by atoms with Crippen LogP contribution >= 0.6 is 0 Å². The second-order valence-corrected chi connectivity index (χ2v) is 13.5. The van der Waals surface area contributed by atoms with E-state index < -0.39 is 34.9 Å². The van der Waals surface area contributed by atoms with E-state index in [-0.39, 0.29) is 30.1 Å². The normalized spacial score (nSPS) is 17.9. The fourth-order valence-corrected chi connectivity index (χ4v) is 6.04. The molecule has 3 unspecified atom stereocenters. The summed E-state index contributed by atoms with van der Waals surface area (Å²) in [6, 6.07) is 20.7. The predicted molar refractivity (Wildman–Crippen MR) is 166 cm³/mol. The number of hydrogen-bond donors (Lipinski definition) is 5. The summed E-state index contributed by atoms with van der Waals surface area (Å²) in [4.78, 5) is 15.3. The first-order valence-electron chi connectivity index (χ1n) is 14.8. The monoisotopic (exact) mass is 628 g/mol. The third-order valence-corrected chi connectivity index (χ3v) is 8.96. The Kier molecular flexibility index (Phi) is 11.3. The maximum absolute atomic E-state index is 13.5. The maximum Gasteiger partial charge on any atom is 0.233 e. The number of aliphatic hydroxyl groups is 4. The molecule has 3 aromatic carbocycles. The number of carbonyl (C=O) groups is 1. The molecule has 1 aliphatic rings. The van der Waals surface area contributed by atoms with Gasteiger partial charge in [0.15, 0.2) is 0 Å². The van der Waals surface area contributed by atoms with Crippen LogP contribution in [0.5, 0.6) is 0 Å². The fourth-order valence-electron chi connectivity index (χ4n) is 5.53. The maximum atomic E-state index is 13.5. The number of amides is 1. The van der Waals surface area contributed by atoms with Crippen molar-refractivity contribution >= 4 is 21.6 Å². The summed E-state index contributed by atoms with van der Waals surface area (Å²) in [5.74, 6) is -0.832. The average molecular weight is 629 g/mol. The minimum Gasteiger partial charge on any atom is -0.393 e. The highest BCUT2D eigenvalue weighted by atomic mass is 32.2. The number of nitrogens with zero attached hydrogens (tertiary/aromatic N) is 1. The van der Waals surface area contributed by atoms with Crippen molar-refractivity contribution in [2.75, 3.05) is 30.9 Å². The topological polar surface area (TPSA) is 147 Å². The number of anilines is 1. The van der Waals surface area contributed by atoms with Crippen molar-refractivity contribution in [3.05, 3.63) is 101 Å². The van der Waals surface area contributed by atoms with Crippen molar-refractivity contribution in [2.45, 2.75) is 56.3 Å². The van der Waals surface area contributed by atoms with Crippen LogP contribution in [0.1, 0.15) is 60.1 Å². The summed E-state index contributed by atoms with van der Waals surface area (Å²) >= 11 is 0. The van der Waals surface area contributed by atoms with E-state index in [1.54, 1.807) is 17.0 Å². The molecule has 1 fully saturated rings. The highest BCUT2D eigenvalue weighted by molar-refractivity contribution is 7.88. The summed E-state index contributed by atoms with van der Waals surface area (Å²) in [6.07, 6.45) is 2.98. The molecule has 1 saturated heterocycles. The van der Waals surface area contributed by atoms with Gasteiger partial charge in [0.2, 0.25) is 15.9 Å². The van der Waals surface area contributed by atoms with E-state index in [4.69, 9.17) is 0 Å². The Morgan fingerprint density at radius 3 is 2.11 bits per heavy atom. The quantitative estimate of drug-likeness (QED) is 0.121. The van der Waals surface area contributed by atoms with Gasteiger partial charge < -0.3 is 25.3 Å². The molecule has 0 aliphatic carbocycles. The lowest BCUT2D eigenvalue weighted by molar-refractivity contribution is -0.131. The molecule has 44 heavy (non-hydrogen) atoms. The third-order valence-electron chi connectivity index (χ3n) is 8.23. The Morgan fingerprint density at radius 2 is 1.52 bits per heavy atom. The van der Waals surface area contributed by atoms with Gasteiger partial charge in [0, 0.05) is 12.2 Å². The van der Waals surface area contributed by atoms with Crippen molar-refractivity contribution in [2.24, 2.45) is 5.92 Å². The van der Waals surface area contributed by atoms with Crippen molar-refractivity contribution in [1.29, 1.82) is 0 Å². The summed E-state index contributed by atoms with van der Waals surface area (Å²) in [7, 11) is -3.24. The van der Waals surface area contributed by atoms with E-state index in [2.05, 4.69) is 4.72 Å². The van der Waals surface area contributed by atoms with Gasteiger partial charge in [-0.25, -0.2) is 17.5 Å². The van der Waals surface area contributed by atoms with Crippen LogP contribution in [0.25, 0.3) is 0 Å². The first-order valence-corrected chi connectivity index (χ1v) is 16.7. The van der Waals surface area contributed by atoms with E-state index >= 15 is 0 Å². The first-order chi connectivity index (χ1) is 20.9. The van der Waals surface area contributed by atoms with Gasteiger partial charge in [0.05, 0.1) is 37.5 Å². The van der Waals surface area contributed by atoms with Crippen LogP contribution < -0.4 is 9.62 Å². The molecule has 3 aromatic rings. The van der Waals surface area contributed by atoms with Crippen molar-refractivity contribution in [1.82, 2.24) is 4.72 Å². The number of sulfonamides is 1. The van der Waals surface area contributed by atoms with Crippen LogP contribution in [0.4, 0.5) is 10.1 Å². The fraction of sp³-hybridized carbons (Fsp3) is 0.424. The molecule has 1 aliphatic heterocycles. The molecule has 0 radical (unpaired) electrons. The molecular formula is C33H41FN2O7S. The summed E-state index contributed by atoms with van der Waals surface area (Å²) in [5.41, 5.74) is 2.59. The molecule has 0 saturated carbocycles. The van der Waals surface area contributed by atoms with Gasteiger partial charge in [0.1, 0.15) is 11.4 Å². The molecule has 0 aromatic heterocycles. The van der Waals surface area contributed by atoms with Crippen LogP contribution in [0.2, 0.25) is 0 Å². The SMILES string of the molecule is CS(=O)(=O)NCCCc1ccc(N2C(=O)C(CCC(O)c3ccc(F)cc3)C2c2ccc(CCC(O)(CO)CO)cc2)cc1. The zero-order valence-electron chi connectivity index (χ0n) is 24.8. The van der Waals surface area contributed by atoms with Crippen LogP contribution in [-0.2, 0) is 27.7 Å². The molecular weight excluding hydrogens is 587 g/mol. The van der Waals surface area contributed by atoms with E-state index in [0.717, 1.165) is 28.6 Å². The van der Waals surface area contributed by atoms with Crippen LogP contribution in [0.15, 0.2) is 72.8 Å². The number of benzene rings is 3. The smallest absolute Gasteiger partial charge is 0.233 e. The van der Waals surface area contributed by atoms with E-state index in [9.17, 15) is 38.0 Å². The molecule has 1 amide bonds. The number of halogens is 1. The lowest BCUT2D eigenvalue weighted by Gasteiger charge is -2.48. The highest BCUT2D eigenvalue weighted by Gasteiger charge is 2.48. The van der Waals surface area contributed by atoms with Gasteiger partial charge in [-0.05, 0) is 85.0 Å². The number of hydrogen-bond acceptors (Lipinski definition) is 7. The Morgan fingerprint density at radius 1 is 0.932 bits per heavy atom. The Labute approximate surface area is 258 Å². The van der Waals surface area contributed by atoms with Gasteiger partial charge in [-0.1, -0.05) is 48.5 Å². The lowest BCUT2D eigenvalue weighted by Crippen LogP contribution is -2.55. The van der Waals surface area contributed by atoms with Gasteiger partial charge in [-0.3, -0.25) is 4.79 Å². The van der Waals surface area contributed by atoms with Gasteiger partial charge in [-0.15, -0.1) is 0 Å². The second kappa shape index (κ2) is 14.7. The molecule has 11 heteroatoms. The van der Waals surface area contributed by atoms with E-state index in [1.165, 1.54) is 12.1 Å². The van der Waals surface area contributed by atoms with Crippen LogP contribution in [-0.4, -0.2) is 66.4 Å². The van der Waals surface area contributed by atoms with Gasteiger partial charge in [-0.2, -0.15) is 0 Å². The molecule has 4 rings (SSSR count). The van der Waals surface area contributed by atoms with Crippen molar-refractivity contribution < 1.29 is 38.0 Å². The minimum absolute atomic E-state index is 0.0635. The number of nitrogens with one attached hydrogen (secondary N) is 1. The van der Waals surface area contributed by atoms with E-state index in [1.807, 2.05) is 48.5 Å². The zero-order valence-corrected chi connectivity index (χ0v) is 25.6. The second-order valence-electron chi connectivity index (χ2n) is 11.6. The highest BCUT2D eigenvalue weighted by Crippen LogP contribution is 2.46. The molecule has 0 spiro atoms. The zero-order chi connectivity index (χ0) is 31.9. The van der Waals surface area contributed by atoms with Crippen molar-refractivity contribution in [3.63, 3.8) is 0 Å². The van der Waals surface area contributed by atoms with Gasteiger partial charge in [0.25, 0.3) is 0 Å². The lowest BCUT2D eigenvalue weighted by atomic mass is 9.78. The molecule has 5 N–H and O–H groups in total. The average Bonchev–Trinajstić information content (AvgIpc) is 3.01. The first kappa shape index (κ1) is 33.7. The van der Waals surface area contributed by atoms with Crippen LogP contribution in [0, 0.1) is 11.7 Å². The van der Waals surface area contributed by atoms with E-state index in [0.29, 0.717) is 44.2 Å². The minimum atomic E-state index is -3.24. The number of aliphatic hydroxyl groups excluding tert-OH is 3. The summed E-state index contributed by atoms with van der Waals surface area (Å²) in [6.45, 7) is -0.737.